The van der Waals surface area contributed by atoms with Gasteiger partial charge in [-0.25, -0.2) is 18.2 Å². The number of nitrogens with zero attached hydrogens (tertiary/aromatic N) is 1. The summed E-state index contributed by atoms with van der Waals surface area (Å²) in [6, 6.07) is 8.54. The fourth-order valence-corrected chi connectivity index (χ4v) is 4.90. The Balaban J connectivity index is 2.00. The van der Waals surface area contributed by atoms with Gasteiger partial charge >= 0.3 is 11.9 Å². The van der Waals surface area contributed by atoms with E-state index in [9.17, 15) is 18.0 Å². The van der Waals surface area contributed by atoms with Gasteiger partial charge in [0.25, 0.3) is 10.0 Å². The number of hydrogen-bond donors (Lipinski definition) is 2. The second-order valence-electron chi connectivity index (χ2n) is 11.1. The van der Waals surface area contributed by atoms with Crippen LogP contribution in [-0.2, 0) is 19.6 Å². The molecule has 36 heavy (non-hydrogen) atoms. The Morgan fingerprint density at radius 2 is 1.58 bits per heavy atom. The molecule has 0 bridgehead atoms. The molecule has 0 saturated heterocycles. The molecule has 1 aromatic heterocycles. The Hall–Kier alpha value is -3.14. The van der Waals surface area contributed by atoms with E-state index in [1.807, 2.05) is 34.6 Å². The highest BCUT2D eigenvalue weighted by molar-refractivity contribution is 7.92. The van der Waals surface area contributed by atoms with Crippen molar-refractivity contribution in [1.82, 2.24) is 4.98 Å². The topological polar surface area (TPSA) is 132 Å². The number of rotatable bonds is 11. The maximum absolute atomic E-state index is 12.7. The van der Waals surface area contributed by atoms with E-state index < -0.39 is 27.2 Å². The van der Waals surface area contributed by atoms with Crippen molar-refractivity contribution in [1.29, 1.82) is 0 Å². The normalized spacial score (nSPS) is 12.6. The van der Waals surface area contributed by atoms with Gasteiger partial charge in [0.1, 0.15) is 22.8 Å². The fraction of sp³-hybridized carbons (Fsp3) is 0.500. The van der Waals surface area contributed by atoms with Gasteiger partial charge in [0.05, 0.1) is 10.5 Å². The smallest absolute Gasteiger partial charge is 0.337 e. The lowest BCUT2D eigenvalue weighted by Gasteiger charge is -2.35. The third-order valence-electron chi connectivity index (χ3n) is 5.11. The summed E-state index contributed by atoms with van der Waals surface area (Å²) in [7, 11) is -3.92. The summed E-state index contributed by atoms with van der Waals surface area (Å²) in [6.45, 7) is 13.6. The Morgan fingerprint density at radius 1 is 0.972 bits per heavy atom. The van der Waals surface area contributed by atoms with E-state index in [2.05, 4.69) is 23.6 Å². The number of carboxylic acids is 1. The van der Waals surface area contributed by atoms with Crippen LogP contribution in [-0.4, -0.2) is 41.6 Å². The molecule has 1 heterocycles. The molecule has 0 aliphatic rings. The van der Waals surface area contributed by atoms with Gasteiger partial charge in [0.2, 0.25) is 0 Å². The highest BCUT2D eigenvalue weighted by Gasteiger charge is 2.31. The molecule has 10 heteroatoms. The van der Waals surface area contributed by atoms with Gasteiger partial charge in [-0.3, -0.25) is 9.52 Å². The molecule has 0 aliphatic heterocycles. The van der Waals surface area contributed by atoms with Crippen LogP contribution in [0.25, 0.3) is 0 Å². The lowest BCUT2D eigenvalue weighted by Crippen LogP contribution is -2.35. The number of carboxylic acid groups (broad SMARTS) is 1. The Morgan fingerprint density at radius 3 is 2.08 bits per heavy atom. The summed E-state index contributed by atoms with van der Waals surface area (Å²) >= 11 is 0. The molecule has 0 spiro atoms. The molecular formula is C26H36N2O7S. The van der Waals surface area contributed by atoms with Crippen molar-refractivity contribution in [3.8, 4) is 5.75 Å². The van der Waals surface area contributed by atoms with E-state index in [0.29, 0.717) is 25.0 Å². The minimum atomic E-state index is -3.92. The molecule has 2 rings (SSSR count). The van der Waals surface area contributed by atoms with Gasteiger partial charge in [-0.2, -0.15) is 0 Å². The lowest BCUT2D eigenvalue weighted by atomic mass is 9.78. The van der Waals surface area contributed by atoms with Crippen molar-refractivity contribution in [2.45, 2.75) is 83.8 Å². The van der Waals surface area contributed by atoms with Crippen molar-refractivity contribution in [2.75, 3.05) is 4.72 Å². The number of sulfonamides is 1. The number of anilines is 1. The van der Waals surface area contributed by atoms with Gasteiger partial charge in [-0.05, 0) is 89.3 Å². The van der Waals surface area contributed by atoms with E-state index in [4.69, 9.17) is 14.6 Å². The summed E-state index contributed by atoms with van der Waals surface area (Å²) in [5.74, 6) is -0.865. The summed E-state index contributed by atoms with van der Waals surface area (Å²) in [6.07, 6.45) is 2.68. The molecule has 198 valence electrons. The lowest BCUT2D eigenvalue weighted by molar-refractivity contribution is -0.155. The predicted molar refractivity (Wildman–Crippen MR) is 137 cm³/mol. The molecule has 2 aromatic rings. The standard InChI is InChI=1S/C26H36N2O7S/c1-24(2,3)35-22(29)14-15-25(4,5)17-26(6,7)34-19-9-11-20(12-10-19)36(32,33)28-21-13-8-18(16-27-21)23(30)31/h8-13,16H,14-15,17H2,1-7H3,(H,27,28)(H,30,31). The second kappa shape index (κ2) is 10.9. The molecule has 0 saturated carbocycles. The highest BCUT2D eigenvalue weighted by Crippen LogP contribution is 2.35. The third-order valence-corrected chi connectivity index (χ3v) is 6.48. The molecule has 0 amide bonds. The minimum absolute atomic E-state index is 0.00876. The van der Waals surface area contributed by atoms with Crippen LogP contribution >= 0.6 is 0 Å². The van der Waals surface area contributed by atoms with Gasteiger partial charge in [-0.1, -0.05) is 13.8 Å². The van der Waals surface area contributed by atoms with E-state index in [1.165, 1.54) is 24.3 Å². The number of aromatic carboxylic acids is 1. The monoisotopic (exact) mass is 520 g/mol. The van der Waals surface area contributed by atoms with Crippen LogP contribution in [0.5, 0.6) is 5.75 Å². The van der Waals surface area contributed by atoms with E-state index in [0.717, 1.165) is 6.20 Å². The highest BCUT2D eigenvalue weighted by atomic mass is 32.2. The molecule has 2 N–H and O–H groups in total. The van der Waals surface area contributed by atoms with Crippen LogP contribution in [0.15, 0.2) is 47.5 Å². The van der Waals surface area contributed by atoms with Crippen LogP contribution in [0.2, 0.25) is 0 Å². The van der Waals surface area contributed by atoms with Gasteiger partial charge in [0.15, 0.2) is 0 Å². The second-order valence-corrected chi connectivity index (χ2v) is 12.8. The summed E-state index contributed by atoms with van der Waals surface area (Å²) < 4.78 is 39.2. The molecule has 0 unspecified atom stereocenters. The number of nitrogens with one attached hydrogen (secondary N) is 1. The zero-order valence-corrected chi connectivity index (χ0v) is 22.7. The fourth-order valence-electron chi connectivity index (χ4n) is 3.89. The van der Waals surface area contributed by atoms with Crippen LogP contribution < -0.4 is 9.46 Å². The summed E-state index contributed by atoms with van der Waals surface area (Å²) in [5.41, 5.74) is -1.33. The van der Waals surface area contributed by atoms with E-state index in [-0.39, 0.29) is 27.7 Å². The number of carbonyl (C=O) groups is 2. The average Bonchev–Trinajstić information content (AvgIpc) is 2.70. The molecule has 9 nitrogen and oxygen atoms in total. The number of esters is 1. The zero-order chi connectivity index (χ0) is 27.4. The number of benzene rings is 1. The Labute approximate surface area is 213 Å². The van der Waals surface area contributed by atoms with Crippen molar-refractivity contribution < 1.29 is 32.6 Å². The van der Waals surface area contributed by atoms with E-state index >= 15 is 0 Å². The Kier molecular flexibility index (Phi) is 8.78. The molecule has 0 fully saturated rings. The molecule has 0 aliphatic carbocycles. The van der Waals surface area contributed by atoms with Crippen molar-refractivity contribution in [2.24, 2.45) is 5.41 Å². The maximum atomic E-state index is 12.7. The minimum Gasteiger partial charge on any atom is -0.488 e. The number of carbonyl (C=O) groups excluding carboxylic acids is 1. The first-order valence-corrected chi connectivity index (χ1v) is 13.1. The van der Waals surface area contributed by atoms with Crippen LogP contribution in [0.3, 0.4) is 0 Å². The maximum Gasteiger partial charge on any atom is 0.337 e. The van der Waals surface area contributed by atoms with Gasteiger partial charge in [0, 0.05) is 12.6 Å². The zero-order valence-electron chi connectivity index (χ0n) is 21.9. The first-order valence-electron chi connectivity index (χ1n) is 11.6. The van der Waals surface area contributed by atoms with Gasteiger partial charge in [-0.15, -0.1) is 0 Å². The number of pyridine rings is 1. The van der Waals surface area contributed by atoms with Crippen molar-refractivity contribution >= 4 is 27.8 Å². The van der Waals surface area contributed by atoms with Crippen LogP contribution in [0, 0.1) is 5.41 Å². The number of ether oxygens (including phenoxy) is 2. The largest absolute Gasteiger partial charge is 0.488 e. The van der Waals surface area contributed by atoms with Crippen LogP contribution in [0.4, 0.5) is 5.82 Å². The average molecular weight is 521 g/mol. The van der Waals surface area contributed by atoms with Crippen LogP contribution in [0.1, 0.15) is 78.1 Å². The first-order chi connectivity index (χ1) is 16.4. The Bertz CT molecular complexity index is 1160. The summed E-state index contributed by atoms with van der Waals surface area (Å²) in [4.78, 5) is 26.9. The van der Waals surface area contributed by atoms with Crippen molar-refractivity contribution in [3.63, 3.8) is 0 Å². The quantitative estimate of drug-likeness (QED) is 0.383. The predicted octanol–water partition coefficient (Wildman–Crippen LogP) is 5.28. The summed E-state index contributed by atoms with van der Waals surface area (Å²) in [5, 5.41) is 8.93. The van der Waals surface area contributed by atoms with Gasteiger partial charge < -0.3 is 14.6 Å². The number of hydrogen-bond acceptors (Lipinski definition) is 7. The van der Waals surface area contributed by atoms with E-state index in [1.54, 1.807) is 12.1 Å². The molecular weight excluding hydrogens is 484 g/mol. The number of aromatic nitrogens is 1. The first kappa shape index (κ1) is 29.1. The third kappa shape index (κ3) is 9.49. The molecule has 0 atom stereocenters. The molecule has 1 aromatic carbocycles. The van der Waals surface area contributed by atoms with Crippen molar-refractivity contribution in [3.05, 3.63) is 48.2 Å². The molecule has 0 radical (unpaired) electrons. The SMILES string of the molecule is CC(C)(CCC(=O)OC(C)(C)C)CC(C)(C)Oc1ccc(S(=O)(=O)Nc2ccc(C(=O)O)cn2)cc1.